The van der Waals surface area contributed by atoms with Gasteiger partial charge in [0, 0.05) is 18.7 Å². The first kappa shape index (κ1) is 25.5. The third-order valence-electron chi connectivity index (χ3n) is 6.30. The Morgan fingerprint density at radius 3 is 2.26 bits per heavy atom. The summed E-state index contributed by atoms with van der Waals surface area (Å²) < 4.78 is 5.81. The minimum atomic E-state index is -0.650. The number of hydrogen-bond acceptors (Lipinski definition) is 5. The summed E-state index contributed by atoms with van der Waals surface area (Å²) in [6, 6.07) is 12.5. The van der Waals surface area contributed by atoms with Crippen LogP contribution in [-0.2, 0) is 9.59 Å². The average Bonchev–Trinajstić information content (AvgIpc) is 3.05. The van der Waals surface area contributed by atoms with Crippen molar-refractivity contribution >= 4 is 17.4 Å². The lowest BCUT2D eigenvalue weighted by atomic mass is 9.94. The van der Waals surface area contributed by atoms with Crippen molar-refractivity contribution in [3.05, 3.63) is 70.3 Å². The molecule has 3 rings (SSSR count). The number of amides is 1. The first-order chi connectivity index (χ1) is 16.2. The van der Waals surface area contributed by atoms with Crippen LogP contribution in [0.5, 0.6) is 5.75 Å². The smallest absolute Gasteiger partial charge is 0.295 e. The minimum absolute atomic E-state index is 0.0239. The van der Waals surface area contributed by atoms with E-state index < -0.39 is 17.7 Å². The fraction of sp³-hybridized carbons (Fsp3) is 0.429. The minimum Gasteiger partial charge on any atom is -0.507 e. The number of aliphatic hydroxyl groups excluding tert-OH is 1. The Labute approximate surface area is 202 Å². The Morgan fingerprint density at radius 1 is 1.06 bits per heavy atom. The molecule has 1 heterocycles. The van der Waals surface area contributed by atoms with Gasteiger partial charge in [0.15, 0.2) is 0 Å². The van der Waals surface area contributed by atoms with Crippen molar-refractivity contribution in [2.24, 2.45) is 0 Å². The summed E-state index contributed by atoms with van der Waals surface area (Å²) in [6.07, 6.45) is 0.0239. The van der Waals surface area contributed by atoms with Crippen LogP contribution in [-0.4, -0.2) is 58.9 Å². The van der Waals surface area contributed by atoms with E-state index in [1.165, 1.54) is 0 Å². The molecule has 1 aliphatic heterocycles. The highest BCUT2D eigenvalue weighted by Gasteiger charge is 2.45. The van der Waals surface area contributed by atoms with Gasteiger partial charge in [-0.25, -0.2) is 0 Å². The lowest BCUT2D eigenvalue weighted by molar-refractivity contribution is -0.140. The van der Waals surface area contributed by atoms with E-state index in [1.54, 1.807) is 23.1 Å². The number of aryl methyl sites for hydroxylation is 2. The number of aliphatic hydroxyl groups is 1. The van der Waals surface area contributed by atoms with Crippen molar-refractivity contribution in [1.82, 2.24) is 9.80 Å². The maximum atomic E-state index is 13.2. The van der Waals surface area contributed by atoms with Crippen LogP contribution >= 0.6 is 0 Å². The number of ether oxygens (including phenoxy) is 1. The Morgan fingerprint density at radius 2 is 1.71 bits per heavy atom. The number of likely N-dealkylation sites (tertiary alicyclic amines) is 1. The molecule has 1 aliphatic rings. The van der Waals surface area contributed by atoms with E-state index in [4.69, 9.17) is 4.74 Å². The number of rotatable bonds is 9. The molecule has 0 radical (unpaired) electrons. The van der Waals surface area contributed by atoms with Crippen molar-refractivity contribution in [3.8, 4) is 5.75 Å². The largest absolute Gasteiger partial charge is 0.507 e. The predicted molar refractivity (Wildman–Crippen MR) is 135 cm³/mol. The van der Waals surface area contributed by atoms with E-state index in [-0.39, 0.29) is 17.4 Å². The Bertz CT molecular complexity index is 1070. The molecular formula is C28H36N2O4. The number of benzene rings is 2. The molecule has 1 fully saturated rings. The van der Waals surface area contributed by atoms with E-state index >= 15 is 0 Å². The highest BCUT2D eigenvalue weighted by atomic mass is 16.5. The molecule has 0 aliphatic carbocycles. The van der Waals surface area contributed by atoms with Gasteiger partial charge in [-0.1, -0.05) is 43.7 Å². The van der Waals surface area contributed by atoms with Crippen molar-refractivity contribution in [1.29, 1.82) is 0 Å². The third-order valence-corrected chi connectivity index (χ3v) is 6.30. The second kappa shape index (κ2) is 10.9. The molecule has 6 nitrogen and oxygen atoms in total. The van der Waals surface area contributed by atoms with Crippen molar-refractivity contribution in [2.75, 3.05) is 26.2 Å². The van der Waals surface area contributed by atoms with Crippen LogP contribution in [0.2, 0.25) is 0 Å². The summed E-state index contributed by atoms with van der Waals surface area (Å²) >= 11 is 0. The van der Waals surface area contributed by atoms with Crippen molar-refractivity contribution in [2.45, 2.75) is 53.7 Å². The Balaban J connectivity index is 2.08. The van der Waals surface area contributed by atoms with Crippen LogP contribution in [0, 0.1) is 13.8 Å². The van der Waals surface area contributed by atoms with Gasteiger partial charge >= 0.3 is 0 Å². The maximum absolute atomic E-state index is 13.2. The van der Waals surface area contributed by atoms with Gasteiger partial charge in [0.05, 0.1) is 17.7 Å². The fourth-order valence-corrected chi connectivity index (χ4v) is 4.33. The molecule has 2 aromatic carbocycles. The Hall–Kier alpha value is -3.12. The monoisotopic (exact) mass is 464 g/mol. The topological polar surface area (TPSA) is 70.1 Å². The predicted octanol–water partition coefficient (Wildman–Crippen LogP) is 4.85. The van der Waals surface area contributed by atoms with Crippen LogP contribution in [0.15, 0.2) is 48.0 Å². The standard InChI is InChI=1S/C28H36N2O4/c1-7-29(8-2)15-16-30-25(21-11-9-19(5)10-12-21)24(27(32)28(30)33)26(31)22-13-14-23(20(6)17-22)34-18(3)4/h9-14,17-18,25,31H,7-8,15-16H2,1-6H3/b26-24+. The average molecular weight is 465 g/mol. The molecule has 1 saturated heterocycles. The zero-order valence-electron chi connectivity index (χ0n) is 21.1. The van der Waals surface area contributed by atoms with Gasteiger partial charge in [0.1, 0.15) is 11.5 Å². The number of hydrogen-bond donors (Lipinski definition) is 1. The number of carbonyl (C=O) groups excluding carboxylic acids is 2. The van der Waals surface area contributed by atoms with Crippen LogP contribution in [0.1, 0.15) is 56.0 Å². The van der Waals surface area contributed by atoms with E-state index in [2.05, 4.69) is 18.7 Å². The fourth-order valence-electron chi connectivity index (χ4n) is 4.33. The van der Waals surface area contributed by atoms with Crippen LogP contribution < -0.4 is 4.74 Å². The van der Waals surface area contributed by atoms with Gasteiger partial charge in [-0.3, -0.25) is 9.59 Å². The quantitative estimate of drug-likeness (QED) is 0.326. The van der Waals surface area contributed by atoms with E-state index in [0.29, 0.717) is 18.7 Å². The first-order valence-corrected chi connectivity index (χ1v) is 12.0. The summed E-state index contributed by atoms with van der Waals surface area (Å²) in [5.74, 6) is -0.659. The van der Waals surface area contributed by atoms with E-state index in [0.717, 1.165) is 35.5 Å². The lowest BCUT2D eigenvalue weighted by Gasteiger charge is -2.28. The molecule has 0 spiro atoms. The second-order valence-electron chi connectivity index (χ2n) is 9.08. The number of nitrogens with zero attached hydrogens (tertiary/aromatic N) is 2. The molecule has 1 unspecified atom stereocenters. The highest BCUT2D eigenvalue weighted by molar-refractivity contribution is 6.46. The third kappa shape index (κ3) is 5.33. The summed E-state index contributed by atoms with van der Waals surface area (Å²) in [6.45, 7) is 14.7. The number of ketones is 1. The molecule has 1 amide bonds. The molecule has 182 valence electrons. The van der Waals surface area contributed by atoms with E-state index in [1.807, 2.05) is 52.0 Å². The normalized spacial score (nSPS) is 17.8. The number of likely N-dealkylation sites (N-methyl/N-ethyl adjacent to an activating group) is 1. The number of carbonyl (C=O) groups is 2. The molecule has 1 N–H and O–H groups in total. The first-order valence-electron chi connectivity index (χ1n) is 12.0. The van der Waals surface area contributed by atoms with Gasteiger partial charge in [0.2, 0.25) is 0 Å². The summed E-state index contributed by atoms with van der Waals surface area (Å²) in [5.41, 5.74) is 3.36. The van der Waals surface area contributed by atoms with Gasteiger partial charge in [0.25, 0.3) is 11.7 Å². The van der Waals surface area contributed by atoms with Gasteiger partial charge < -0.3 is 19.6 Å². The van der Waals surface area contributed by atoms with Gasteiger partial charge in [-0.05, 0) is 70.1 Å². The maximum Gasteiger partial charge on any atom is 0.295 e. The number of Topliss-reactive ketones (excluding diaryl/α,β-unsaturated/α-hetero) is 1. The summed E-state index contributed by atoms with van der Waals surface area (Å²) in [5, 5.41) is 11.3. The van der Waals surface area contributed by atoms with Crippen LogP contribution in [0.4, 0.5) is 0 Å². The van der Waals surface area contributed by atoms with Crippen molar-refractivity contribution < 1.29 is 19.4 Å². The zero-order chi connectivity index (χ0) is 25.0. The molecule has 34 heavy (non-hydrogen) atoms. The van der Waals surface area contributed by atoms with Crippen molar-refractivity contribution in [3.63, 3.8) is 0 Å². The molecule has 0 saturated carbocycles. The van der Waals surface area contributed by atoms with Crippen LogP contribution in [0.3, 0.4) is 0 Å². The molecule has 1 atom stereocenters. The Kier molecular flexibility index (Phi) is 8.15. The summed E-state index contributed by atoms with van der Waals surface area (Å²) in [7, 11) is 0. The van der Waals surface area contributed by atoms with E-state index in [9.17, 15) is 14.7 Å². The molecule has 2 aromatic rings. The molecule has 0 aromatic heterocycles. The van der Waals surface area contributed by atoms with Crippen LogP contribution in [0.25, 0.3) is 5.76 Å². The highest BCUT2D eigenvalue weighted by Crippen LogP contribution is 2.39. The molecular weight excluding hydrogens is 428 g/mol. The summed E-state index contributed by atoms with van der Waals surface area (Å²) in [4.78, 5) is 30.1. The zero-order valence-corrected chi connectivity index (χ0v) is 21.1. The second-order valence-corrected chi connectivity index (χ2v) is 9.08. The lowest BCUT2D eigenvalue weighted by Crippen LogP contribution is -2.38. The van der Waals surface area contributed by atoms with Gasteiger partial charge in [-0.15, -0.1) is 0 Å². The SMILES string of the molecule is CCN(CC)CCN1C(=O)C(=O)/C(=C(/O)c2ccc(OC(C)C)c(C)c2)C1c1ccc(C)cc1. The van der Waals surface area contributed by atoms with Gasteiger partial charge in [-0.2, -0.15) is 0 Å². The molecule has 6 heteroatoms. The molecule has 0 bridgehead atoms.